The van der Waals surface area contributed by atoms with Crippen LogP contribution >= 0.6 is 0 Å². The van der Waals surface area contributed by atoms with E-state index in [4.69, 9.17) is 4.74 Å². The number of nitrogens with zero attached hydrogens (tertiary/aromatic N) is 2. The van der Waals surface area contributed by atoms with Crippen molar-refractivity contribution in [3.05, 3.63) is 12.3 Å². The molecular weight excluding hydrogens is 226 g/mol. The lowest BCUT2D eigenvalue weighted by Crippen LogP contribution is -2.25. The summed E-state index contributed by atoms with van der Waals surface area (Å²) in [7, 11) is 0. The number of nitrogens with one attached hydrogen (secondary N) is 1. The Hall–Kier alpha value is -1.32. The fraction of sp³-hybridized carbons (Fsp3) is 0.714. The Morgan fingerprint density at radius 1 is 1.39 bits per heavy atom. The van der Waals surface area contributed by atoms with Crippen LogP contribution in [0.2, 0.25) is 0 Å². The molecule has 1 aliphatic carbocycles. The van der Waals surface area contributed by atoms with Gasteiger partial charge in [-0.3, -0.25) is 0 Å². The summed E-state index contributed by atoms with van der Waals surface area (Å²) in [5.41, 5.74) is 0. The third kappa shape index (κ3) is 3.12. The van der Waals surface area contributed by atoms with E-state index >= 15 is 0 Å². The molecule has 0 bridgehead atoms. The molecule has 1 saturated carbocycles. The van der Waals surface area contributed by atoms with E-state index in [-0.39, 0.29) is 0 Å². The molecule has 1 aromatic rings. The minimum absolute atomic E-state index is 0.487. The number of hydrogen-bond acceptors (Lipinski definition) is 4. The summed E-state index contributed by atoms with van der Waals surface area (Å²) < 4.78 is 5.52. The summed E-state index contributed by atoms with van der Waals surface area (Å²) in [6.07, 6.45) is 5.23. The van der Waals surface area contributed by atoms with Crippen LogP contribution in [0, 0.1) is 11.8 Å². The van der Waals surface area contributed by atoms with Gasteiger partial charge in [0.1, 0.15) is 0 Å². The van der Waals surface area contributed by atoms with E-state index in [1.54, 1.807) is 6.20 Å². The second-order valence-corrected chi connectivity index (χ2v) is 5.23. The van der Waals surface area contributed by atoms with Crippen LogP contribution in [-0.4, -0.2) is 22.6 Å². The number of hydrogen-bond donors (Lipinski definition) is 1. The molecule has 1 fully saturated rings. The van der Waals surface area contributed by atoms with Crippen LogP contribution < -0.4 is 10.1 Å². The lowest BCUT2D eigenvalue weighted by molar-refractivity contribution is 0.305. The topological polar surface area (TPSA) is 47.0 Å². The predicted octanol–water partition coefficient (Wildman–Crippen LogP) is 3.11. The van der Waals surface area contributed by atoms with E-state index in [9.17, 15) is 0 Å². The van der Waals surface area contributed by atoms with E-state index in [0.29, 0.717) is 30.4 Å². The van der Waals surface area contributed by atoms with Crippen LogP contribution in [0.15, 0.2) is 12.3 Å². The van der Waals surface area contributed by atoms with Gasteiger partial charge in [-0.05, 0) is 31.1 Å². The van der Waals surface area contributed by atoms with Crippen LogP contribution in [0.1, 0.15) is 40.0 Å². The Morgan fingerprint density at radius 3 is 2.89 bits per heavy atom. The van der Waals surface area contributed by atoms with Gasteiger partial charge in [-0.25, -0.2) is 4.98 Å². The maximum atomic E-state index is 5.52. The Balaban J connectivity index is 1.96. The Morgan fingerprint density at radius 2 is 2.22 bits per heavy atom. The number of ether oxygens (including phenoxy) is 1. The van der Waals surface area contributed by atoms with Gasteiger partial charge in [-0.1, -0.05) is 20.8 Å². The van der Waals surface area contributed by atoms with Crippen molar-refractivity contribution in [3.63, 3.8) is 0 Å². The van der Waals surface area contributed by atoms with E-state index in [1.165, 1.54) is 12.8 Å². The van der Waals surface area contributed by atoms with Crippen molar-refractivity contribution in [2.75, 3.05) is 11.9 Å². The zero-order chi connectivity index (χ0) is 13.0. The first kappa shape index (κ1) is 13.1. The first-order valence-electron chi connectivity index (χ1n) is 6.93. The van der Waals surface area contributed by atoms with Gasteiger partial charge in [0.05, 0.1) is 6.61 Å². The summed E-state index contributed by atoms with van der Waals surface area (Å²) in [5, 5.41) is 3.44. The molecule has 1 aromatic heterocycles. The number of aromatic nitrogens is 2. The lowest BCUT2D eigenvalue weighted by Gasteiger charge is -2.19. The van der Waals surface area contributed by atoms with Crippen molar-refractivity contribution >= 4 is 5.95 Å². The van der Waals surface area contributed by atoms with Crippen LogP contribution in [0.3, 0.4) is 0 Å². The van der Waals surface area contributed by atoms with Gasteiger partial charge in [-0.15, -0.1) is 0 Å². The predicted molar refractivity (Wildman–Crippen MR) is 72.8 cm³/mol. The second kappa shape index (κ2) is 6.03. The average molecular weight is 249 g/mol. The molecular formula is C14H23N3O. The molecule has 3 unspecified atom stereocenters. The van der Waals surface area contributed by atoms with Gasteiger partial charge in [0.15, 0.2) is 0 Å². The summed E-state index contributed by atoms with van der Waals surface area (Å²) >= 11 is 0. The molecule has 0 aromatic carbocycles. The molecule has 4 nitrogen and oxygen atoms in total. The SMILES string of the molecule is CCCOc1ccnc(NC2CCC(C)C2C)n1. The standard InChI is InChI=1S/C14H23N3O/c1-4-9-18-13-7-8-15-14(17-13)16-12-6-5-10(2)11(12)3/h7-8,10-12H,4-6,9H2,1-3H3,(H,15,16,17). The first-order valence-corrected chi connectivity index (χ1v) is 6.93. The smallest absolute Gasteiger partial charge is 0.226 e. The zero-order valence-corrected chi connectivity index (χ0v) is 11.5. The van der Waals surface area contributed by atoms with E-state index in [2.05, 4.69) is 36.1 Å². The minimum atomic E-state index is 0.487. The summed E-state index contributed by atoms with van der Waals surface area (Å²) in [4.78, 5) is 8.66. The summed E-state index contributed by atoms with van der Waals surface area (Å²) in [5.74, 6) is 2.80. The highest BCUT2D eigenvalue weighted by atomic mass is 16.5. The van der Waals surface area contributed by atoms with Gasteiger partial charge in [0.2, 0.25) is 11.8 Å². The normalized spacial score (nSPS) is 27.2. The van der Waals surface area contributed by atoms with Crippen molar-refractivity contribution in [1.29, 1.82) is 0 Å². The third-order valence-corrected chi connectivity index (χ3v) is 3.86. The zero-order valence-electron chi connectivity index (χ0n) is 11.5. The van der Waals surface area contributed by atoms with Gasteiger partial charge >= 0.3 is 0 Å². The van der Waals surface area contributed by atoms with E-state index in [1.807, 2.05) is 6.07 Å². The summed E-state index contributed by atoms with van der Waals surface area (Å²) in [6, 6.07) is 2.29. The Kier molecular flexibility index (Phi) is 4.39. The summed E-state index contributed by atoms with van der Waals surface area (Å²) in [6.45, 7) is 7.40. The minimum Gasteiger partial charge on any atom is -0.478 e. The van der Waals surface area contributed by atoms with E-state index in [0.717, 1.165) is 12.3 Å². The Labute approximate surface area is 109 Å². The molecule has 3 atom stereocenters. The highest BCUT2D eigenvalue weighted by Gasteiger charge is 2.30. The first-order chi connectivity index (χ1) is 8.70. The maximum Gasteiger partial charge on any atom is 0.226 e. The number of anilines is 1. The fourth-order valence-electron chi connectivity index (χ4n) is 2.43. The molecule has 100 valence electrons. The van der Waals surface area contributed by atoms with Crippen LogP contribution in [0.4, 0.5) is 5.95 Å². The second-order valence-electron chi connectivity index (χ2n) is 5.23. The van der Waals surface area contributed by atoms with Crippen molar-refractivity contribution in [2.24, 2.45) is 11.8 Å². The molecule has 2 rings (SSSR count). The molecule has 0 saturated heterocycles. The average Bonchev–Trinajstić information content (AvgIpc) is 2.69. The van der Waals surface area contributed by atoms with Gasteiger partial charge in [0.25, 0.3) is 0 Å². The lowest BCUT2D eigenvalue weighted by atomic mass is 9.98. The third-order valence-electron chi connectivity index (χ3n) is 3.86. The van der Waals surface area contributed by atoms with Crippen LogP contribution in [0.5, 0.6) is 5.88 Å². The molecule has 18 heavy (non-hydrogen) atoms. The Bertz CT molecular complexity index is 383. The van der Waals surface area contributed by atoms with Crippen LogP contribution in [0.25, 0.3) is 0 Å². The van der Waals surface area contributed by atoms with Crippen LogP contribution in [-0.2, 0) is 0 Å². The maximum absolute atomic E-state index is 5.52. The van der Waals surface area contributed by atoms with Crippen molar-refractivity contribution in [2.45, 2.75) is 46.1 Å². The van der Waals surface area contributed by atoms with Gasteiger partial charge < -0.3 is 10.1 Å². The van der Waals surface area contributed by atoms with Gasteiger partial charge in [-0.2, -0.15) is 4.98 Å². The molecule has 4 heteroatoms. The highest BCUT2D eigenvalue weighted by Crippen LogP contribution is 2.32. The highest BCUT2D eigenvalue weighted by molar-refractivity contribution is 5.29. The van der Waals surface area contributed by atoms with E-state index < -0.39 is 0 Å². The van der Waals surface area contributed by atoms with Crippen molar-refractivity contribution < 1.29 is 4.74 Å². The molecule has 1 aliphatic rings. The molecule has 0 spiro atoms. The fourth-order valence-corrected chi connectivity index (χ4v) is 2.43. The van der Waals surface area contributed by atoms with Crippen molar-refractivity contribution in [3.8, 4) is 5.88 Å². The largest absolute Gasteiger partial charge is 0.478 e. The molecule has 1 heterocycles. The molecule has 0 radical (unpaired) electrons. The molecule has 0 aliphatic heterocycles. The van der Waals surface area contributed by atoms with Crippen molar-refractivity contribution in [1.82, 2.24) is 9.97 Å². The number of rotatable bonds is 5. The molecule has 0 amide bonds. The quantitative estimate of drug-likeness (QED) is 0.871. The monoisotopic (exact) mass is 249 g/mol. The van der Waals surface area contributed by atoms with Gasteiger partial charge in [0, 0.05) is 18.3 Å². The molecule has 1 N–H and O–H groups in total.